The van der Waals surface area contributed by atoms with Gasteiger partial charge in [-0.15, -0.1) is 0 Å². The number of amides is 1. The highest BCUT2D eigenvalue weighted by molar-refractivity contribution is 5.95. The van der Waals surface area contributed by atoms with Crippen molar-refractivity contribution >= 4 is 17.7 Å². The van der Waals surface area contributed by atoms with Crippen molar-refractivity contribution in [3.05, 3.63) is 18.1 Å². The molecule has 0 radical (unpaired) electrons. The Kier molecular flexibility index (Phi) is 3.01. The van der Waals surface area contributed by atoms with Crippen molar-refractivity contribution in [1.29, 1.82) is 0 Å². The summed E-state index contributed by atoms with van der Waals surface area (Å²) in [5.41, 5.74) is -0.167. The number of aliphatic hydroxyl groups excluding tert-OH is 1. The Balaban J connectivity index is 2.18. The van der Waals surface area contributed by atoms with Gasteiger partial charge >= 0.3 is 5.97 Å². The molecule has 7 heteroatoms. The van der Waals surface area contributed by atoms with Crippen molar-refractivity contribution in [3.63, 3.8) is 0 Å². The van der Waals surface area contributed by atoms with Crippen LogP contribution < -0.4 is 4.90 Å². The second kappa shape index (κ2) is 4.46. The Morgan fingerprint density at radius 2 is 2.24 bits per heavy atom. The third-order valence-corrected chi connectivity index (χ3v) is 2.60. The van der Waals surface area contributed by atoms with Crippen LogP contribution in [0.2, 0.25) is 0 Å². The molecule has 17 heavy (non-hydrogen) atoms. The van der Waals surface area contributed by atoms with Gasteiger partial charge in [-0.2, -0.15) is 0 Å². The van der Waals surface area contributed by atoms with Gasteiger partial charge in [0.15, 0.2) is 11.5 Å². The number of carbonyl (C=O) groups is 2. The molecule has 0 bridgehead atoms. The Bertz CT molecular complexity index is 445. The first-order valence-electron chi connectivity index (χ1n) is 5.08. The fraction of sp³-hybridized carbons (Fsp3) is 0.400. The number of hydrogen-bond donors (Lipinski definition) is 2. The van der Waals surface area contributed by atoms with Crippen LogP contribution in [0.4, 0.5) is 5.82 Å². The summed E-state index contributed by atoms with van der Waals surface area (Å²) in [5.74, 6) is -1.08. The average molecular weight is 237 g/mol. The Labute approximate surface area is 96.7 Å². The molecule has 2 N–H and O–H groups in total. The SMILES string of the molecule is O=C(O)c1cnc(N2CC(CO)CC2=O)cn1. The molecule has 1 aliphatic heterocycles. The molecule has 1 fully saturated rings. The molecular formula is C10H11N3O4. The van der Waals surface area contributed by atoms with E-state index in [0.29, 0.717) is 12.4 Å². The molecule has 1 amide bonds. The van der Waals surface area contributed by atoms with Crippen molar-refractivity contribution < 1.29 is 19.8 Å². The molecule has 1 atom stereocenters. The zero-order valence-corrected chi connectivity index (χ0v) is 8.91. The standard InChI is InChI=1S/C10H11N3O4/c14-5-6-1-9(15)13(4-6)8-3-11-7(2-12-8)10(16)17/h2-3,6,14H,1,4-5H2,(H,16,17). The molecule has 0 spiro atoms. The van der Waals surface area contributed by atoms with Crippen LogP contribution in [-0.2, 0) is 4.79 Å². The van der Waals surface area contributed by atoms with Gasteiger partial charge in [0.25, 0.3) is 0 Å². The number of nitrogens with zero attached hydrogens (tertiary/aromatic N) is 3. The van der Waals surface area contributed by atoms with Crippen LogP contribution in [0.3, 0.4) is 0 Å². The number of carboxylic acid groups (broad SMARTS) is 1. The average Bonchev–Trinajstić information content (AvgIpc) is 2.71. The first kappa shape index (κ1) is 11.5. The maximum Gasteiger partial charge on any atom is 0.356 e. The summed E-state index contributed by atoms with van der Waals surface area (Å²) in [6.45, 7) is 0.333. The minimum Gasteiger partial charge on any atom is -0.476 e. The van der Waals surface area contributed by atoms with Crippen molar-refractivity contribution in [2.24, 2.45) is 5.92 Å². The quantitative estimate of drug-likeness (QED) is 0.735. The van der Waals surface area contributed by atoms with Gasteiger partial charge in [-0.05, 0) is 0 Å². The summed E-state index contributed by atoms with van der Waals surface area (Å²) in [6, 6.07) is 0. The van der Waals surface area contributed by atoms with E-state index in [9.17, 15) is 9.59 Å². The van der Waals surface area contributed by atoms with Crippen LogP contribution in [0.25, 0.3) is 0 Å². The predicted molar refractivity (Wildman–Crippen MR) is 56.5 cm³/mol. The highest BCUT2D eigenvalue weighted by Gasteiger charge is 2.31. The van der Waals surface area contributed by atoms with Crippen molar-refractivity contribution in [2.75, 3.05) is 18.1 Å². The second-order valence-electron chi connectivity index (χ2n) is 3.82. The van der Waals surface area contributed by atoms with Crippen LogP contribution in [0.15, 0.2) is 12.4 Å². The summed E-state index contributed by atoms with van der Waals surface area (Å²) in [5, 5.41) is 17.6. The van der Waals surface area contributed by atoms with Gasteiger partial charge in [-0.3, -0.25) is 9.69 Å². The first-order chi connectivity index (χ1) is 8.11. The van der Waals surface area contributed by atoms with Gasteiger partial charge < -0.3 is 10.2 Å². The smallest absolute Gasteiger partial charge is 0.356 e. The van der Waals surface area contributed by atoms with Crippen LogP contribution >= 0.6 is 0 Å². The topological polar surface area (TPSA) is 104 Å². The fourth-order valence-electron chi connectivity index (χ4n) is 1.70. The number of anilines is 1. The minimum absolute atomic E-state index is 0.0527. The zero-order chi connectivity index (χ0) is 12.4. The van der Waals surface area contributed by atoms with E-state index in [2.05, 4.69) is 9.97 Å². The first-order valence-corrected chi connectivity index (χ1v) is 5.08. The lowest BCUT2D eigenvalue weighted by Crippen LogP contribution is -2.26. The number of aromatic carboxylic acids is 1. The molecule has 1 aromatic rings. The molecule has 0 aliphatic carbocycles. The molecule has 2 heterocycles. The van der Waals surface area contributed by atoms with Crippen molar-refractivity contribution in [3.8, 4) is 0 Å². The van der Waals surface area contributed by atoms with Crippen LogP contribution in [0, 0.1) is 5.92 Å². The van der Waals surface area contributed by atoms with E-state index >= 15 is 0 Å². The van der Waals surface area contributed by atoms with E-state index in [4.69, 9.17) is 10.2 Å². The fourth-order valence-corrected chi connectivity index (χ4v) is 1.70. The summed E-state index contributed by atoms with van der Waals surface area (Å²) in [6.07, 6.45) is 2.64. The monoisotopic (exact) mass is 237 g/mol. The molecule has 2 rings (SSSR count). The third-order valence-electron chi connectivity index (χ3n) is 2.60. The van der Waals surface area contributed by atoms with Gasteiger partial charge in [-0.25, -0.2) is 14.8 Å². The van der Waals surface area contributed by atoms with Gasteiger partial charge in [-0.1, -0.05) is 0 Å². The molecule has 7 nitrogen and oxygen atoms in total. The minimum atomic E-state index is -1.16. The summed E-state index contributed by atoms with van der Waals surface area (Å²) >= 11 is 0. The molecule has 1 unspecified atom stereocenters. The van der Waals surface area contributed by atoms with E-state index in [1.54, 1.807) is 0 Å². The van der Waals surface area contributed by atoms with Gasteiger partial charge in [0.05, 0.1) is 12.4 Å². The molecule has 1 saturated heterocycles. The van der Waals surface area contributed by atoms with E-state index < -0.39 is 5.97 Å². The van der Waals surface area contributed by atoms with Gasteiger partial charge in [0, 0.05) is 25.5 Å². The van der Waals surface area contributed by atoms with E-state index in [1.165, 1.54) is 11.1 Å². The lowest BCUT2D eigenvalue weighted by atomic mass is 10.1. The maximum atomic E-state index is 11.6. The molecular weight excluding hydrogens is 226 g/mol. The van der Waals surface area contributed by atoms with Gasteiger partial charge in [0.1, 0.15) is 0 Å². The van der Waals surface area contributed by atoms with Gasteiger partial charge in [0.2, 0.25) is 5.91 Å². The number of carbonyl (C=O) groups excluding carboxylic acids is 1. The lowest BCUT2D eigenvalue weighted by molar-refractivity contribution is -0.117. The summed E-state index contributed by atoms with van der Waals surface area (Å²) in [7, 11) is 0. The highest BCUT2D eigenvalue weighted by atomic mass is 16.4. The van der Waals surface area contributed by atoms with Crippen LogP contribution in [-0.4, -0.2) is 45.2 Å². The Morgan fingerprint density at radius 3 is 2.71 bits per heavy atom. The molecule has 1 aromatic heterocycles. The maximum absolute atomic E-state index is 11.6. The van der Waals surface area contributed by atoms with E-state index in [0.717, 1.165) is 6.20 Å². The summed E-state index contributed by atoms with van der Waals surface area (Å²) < 4.78 is 0. The van der Waals surface area contributed by atoms with E-state index in [1.807, 2.05) is 0 Å². The number of aromatic nitrogens is 2. The number of aliphatic hydroxyl groups is 1. The Hall–Kier alpha value is -2.02. The number of rotatable bonds is 3. The lowest BCUT2D eigenvalue weighted by Gasteiger charge is -2.14. The Morgan fingerprint density at radius 1 is 1.47 bits per heavy atom. The summed E-state index contributed by atoms with van der Waals surface area (Å²) in [4.78, 5) is 31.1. The zero-order valence-electron chi connectivity index (χ0n) is 8.91. The van der Waals surface area contributed by atoms with Crippen molar-refractivity contribution in [1.82, 2.24) is 9.97 Å². The largest absolute Gasteiger partial charge is 0.476 e. The second-order valence-corrected chi connectivity index (χ2v) is 3.82. The normalized spacial score (nSPS) is 19.7. The van der Waals surface area contributed by atoms with Crippen LogP contribution in [0.5, 0.6) is 0 Å². The highest BCUT2D eigenvalue weighted by Crippen LogP contribution is 2.22. The predicted octanol–water partition coefficient (Wildman–Crippen LogP) is -0.480. The van der Waals surface area contributed by atoms with Crippen molar-refractivity contribution in [2.45, 2.75) is 6.42 Å². The third kappa shape index (κ3) is 2.23. The van der Waals surface area contributed by atoms with Crippen LogP contribution in [0.1, 0.15) is 16.9 Å². The molecule has 0 aromatic carbocycles. The molecule has 1 aliphatic rings. The molecule has 0 saturated carbocycles. The number of hydrogen-bond acceptors (Lipinski definition) is 5. The molecule has 90 valence electrons. The number of carboxylic acids is 1. The van der Waals surface area contributed by atoms with E-state index in [-0.39, 0.29) is 30.5 Å².